The Morgan fingerprint density at radius 3 is 2.81 bits per heavy atom. The number of aromatic nitrogens is 2. The van der Waals surface area contributed by atoms with Crippen molar-refractivity contribution in [2.24, 2.45) is 0 Å². The average Bonchev–Trinajstić information content (AvgIpc) is 3.03. The molecule has 0 radical (unpaired) electrons. The number of hydrogen-bond acceptors (Lipinski definition) is 4. The van der Waals surface area contributed by atoms with E-state index in [-0.39, 0.29) is 24.6 Å². The zero-order chi connectivity index (χ0) is 19.2. The molecule has 10 heteroatoms. The first-order valence-electron chi connectivity index (χ1n) is 8.34. The van der Waals surface area contributed by atoms with Gasteiger partial charge in [0, 0.05) is 23.2 Å². The van der Waals surface area contributed by atoms with Gasteiger partial charge in [0.25, 0.3) is 12.3 Å². The van der Waals surface area contributed by atoms with Crippen molar-refractivity contribution in [3.63, 3.8) is 0 Å². The zero-order valence-corrected chi connectivity index (χ0v) is 14.9. The van der Waals surface area contributed by atoms with Crippen LogP contribution in [0.1, 0.15) is 18.2 Å². The van der Waals surface area contributed by atoms with Crippen LogP contribution in [-0.2, 0) is 11.3 Å². The van der Waals surface area contributed by atoms with Gasteiger partial charge in [0.05, 0.1) is 30.2 Å². The van der Waals surface area contributed by atoms with E-state index in [1.807, 2.05) is 0 Å². The Bertz CT molecular complexity index is 872. The molecule has 1 fully saturated rings. The predicted octanol–water partition coefficient (Wildman–Crippen LogP) is 3.78. The van der Waals surface area contributed by atoms with Gasteiger partial charge in [0.15, 0.2) is 0 Å². The van der Waals surface area contributed by atoms with Crippen LogP contribution < -0.4 is 10.2 Å². The first-order valence-corrected chi connectivity index (χ1v) is 9.33. The second kappa shape index (κ2) is 6.74. The summed E-state index contributed by atoms with van der Waals surface area (Å²) in [5, 5.41) is 7.06. The zero-order valence-electron chi connectivity index (χ0n) is 14.0. The summed E-state index contributed by atoms with van der Waals surface area (Å²) < 4.78 is 53.5. The SMILES string of the molecule is O=C1CSc2ccc(NCc3ccnn3C3CC3(F)F)cc2N1CC(F)F. The molecule has 1 atom stereocenters. The van der Waals surface area contributed by atoms with Gasteiger partial charge in [0.2, 0.25) is 5.91 Å². The number of amides is 1. The molecule has 2 aliphatic rings. The van der Waals surface area contributed by atoms with Crippen LogP contribution in [0.3, 0.4) is 0 Å². The monoisotopic (exact) mass is 400 g/mol. The molecule has 1 N–H and O–H groups in total. The second-order valence-corrected chi connectivity index (χ2v) is 7.49. The number of carbonyl (C=O) groups is 1. The molecule has 4 rings (SSSR count). The van der Waals surface area contributed by atoms with Crippen LogP contribution in [0.25, 0.3) is 0 Å². The Kier molecular flexibility index (Phi) is 4.53. The molecular weight excluding hydrogens is 384 g/mol. The highest BCUT2D eigenvalue weighted by Gasteiger charge is 2.59. The van der Waals surface area contributed by atoms with Crippen LogP contribution >= 0.6 is 11.8 Å². The van der Waals surface area contributed by atoms with Gasteiger partial charge in [-0.15, -0.1) is 11.8 Å². The van der Waals surface area contributed by atoms with E-state index in [0.717, 1.165) is 9.80 Å². The van der Waals surface area contributed by atoms with Crippen LogP contribution in [0.15, 0.2) is 35.4 Å². The lowest BCUT2D eigenvalue weighted by Crippen LogP contribution is -2.38. The fourth-order valence-electron chi connectivity index (χ4n) is 3.07. The molecule has 1 aliphatic heterocycles. The fourth-order valence-corrected chi connectivity index (χ4v) is 3.99. The minimum atomic E-state index is -2.72. The van der Waals surface area contributed by atoms with Gasteiger partial charge in [0.1, 0.15) is 6.04 Å². The van der Waals surface area contributed by atoms with E-state index >= 15 is 0 Å². The van der Waals surface area contributed by atoms with Crippen molar-refractivity contribution in [3.8, 4) is 0 Å². The minimum Gasteiger partial charge on any atom is -0.379 e. The number of rotatable bonds is 6. The molecule has 144 valence electrons. The Labute approximate surface area is 156 Å². The highest BCUT2D eigenvalue weighted by atomic mass is 32.2. The molecule has 2 aromatic rings. The summed E-state index contributed by atoms with van der Waals surface area (Å²) in [5.74, 6) is -2.96. The quantitative estimate of drug-likeness (QED) is 0.750. The van der Waals surface area contributed by atoms with Gasteiger partial charge in [-0.2, -0.15) is 5.10 Å². The standard InChI is InChI=1S/C17H16F4N4OS/c18-15(19)8-24-12-5-10(1-2-13(12)27-9-16(24)26)22-7-11-3-4-23-25(11)14-6-17(14,20)21/h1-5,14-15,22H,6-9H2. The molecule has 1 saturated carbocycles. The summed E-state index contributed by atoms with van der Waals surface area (Å²) in [5.41, 5.74) is 1.65. The summed E-state index contributed by atoms with van der Waals surface area (Å²) in [6, 6.07) is 5.91. The lowest BCUT2D eigenvalue weighted by atomic mass is 10.2. The molecule has 27 heavy (non-hydrogen) atoms. The number of fused-ring (bicyclic) bond motifs is 1. The maximum atomic E-state index is 13.3. The maximum absolute atomic E-state index is 13.3. The Morgan fingerprint density at radius 1 is 1.33 bits per heavy atom. The summed E-state index contributed by atoms with van der Waals surface area (Å²) in [6.45, 7) is -0.402. The molecule has 0 saturated heterocycles. The van der Waals surface area contributed by atoms with Crippen molar-refractivity contribution in [3.05, 3.63) is 36.2 Å². The van der Waals surface area contributed by atoms with Crippen LogP contribution in [0.5, 0.6) is 0 Å². The van der Waals surface area contributed by atoms with Gasteiger partial charge >= 0.3 is 0 Å². The topological polar surface area (TPSA) is 50.2 Å². The minimum absolute atomic E-state index is 0.126. The third-order valence-corrected chi connectivity index (χ3v) is 5.58. The number of nitrogens with zero attached hydrogens (tertiary/aromatic N) is 3. The van der Waals surface area contributed by atoms with Crippen LogP contribution in [0.2, 0.25) is 0 Å². The van der Waals surface area contributed by atoms with E-state index in [1.54, 1.807) is 24.3 Å². The molecule has 1 unspecified atom stereocenters. The Morgan fingerprint density at radius 2 is 2.11 bits per heavy atom. The smallest absolute Gasteiger partial charge is 0.272 e. The molecule has 0 bridgehead atoms. The van der Waals surface area contributed by atoms with Crippen molar-refractivity contribution in [1.82, 2.24) is 9.78 Å². The molecule has 2 heterocycles. The molecule has 1 aromatic carbocycles. The maximum Gasteiger partial charge on any atom is 0.272 e. The van der Waals surface area contributed by atoms with E-state index in [9.17, 15) is 22.4 Å². The van der Waals surface area contributed by atoms with Gasteiger partial charge in [-0.3, -0.25) is 9.48 Å². The van der Waals surface area contributed by atoms with Crippen molar-refractivity contribution in [1.29, 1.82) is 0 Å². The van der Waals surface area contributed by atoms with Crippen LogP contribution in [0.4, 0.5) is 28.9 Å². The van der Waals surface area contributed by atoms with E-state index in [2.05, 4.69) is 10.4 Å². The first kappa shape index (κ1) is 18.1. The van der Waals surface area contributed by atoms with Gasteiger partial charge < -0.3 is 10.2 Å². The molecule has 1 aromatic heterocycles. The first-order chi connectivity index (χ1) is 12.8. The van der Waals surface area contributed by atoms with Gasteiger partial charge in [-0.25, -0.2) is 17.6 Å². The fraction of sp³-hybridized carbons (Fsp3) is 0.412. The number of halogens is 4. The second-order valence-electron chi connectivity index (χ2n) is 6.47. The highest BCUT2D eigenvalue weighted by molar-refractivity contribution is 8.00. The van der Waals surface area contributed by atoms with E-state index in [0.29, 0.717) is 17.1 Å². The lowest BCUT2D eigenvalue weighted by Gasteiger charge is -2.29. The number of anilines is 2. The normalized spacial score (nSPS) is 20.7. The summed E-state index contributed by atoms with van der Waals surface area (Å²) in [4.78, 5) is 13.9. The number of nitrogens with one attached hydrogen (secondary N) is 1. The molecular formula is C17H16F4N4OS. The van der Waals surface area contributed by atoms with E-state index in [1.165, 1.54) is 22.6 Å². The number of alkyl halides is 4. The third kappa shape index (κ3) is 3.62. The Balaban J connectivity index is 1.51. The van der Waals surface area contributed by atoms with Crippen molar-refractivity contribution in [2.75, 3.05) is 22.5 Å². The van der Waals surface area contributed by atoms with Crippen molar-refractivity contribution >= 4 is 29.0 Å². The van der Waals surface area contributed by atoms with Crippen molar-refractivity contribution in [2.45, 2.75) is 36.3 Å². The lowest BCUT2D eigenvalue weighted by molar-refractivity contribution is -0.116. The van der Waals surface area contributed by atoms with Crippen LogP contribution in [-0.4, -0.2) is 40.3 Å². The highest BCUT2D eigenvalue weighted by Crippen LogP contribution is 2.52. The predicted molar refractivity (Wildman–Crippen MR) is 93.7 cm³/mol. The molecule has 1 amide bonds. The number of thioether (sulfide) groups is 1. The number of benzene rings is 1. The number of carbonyl (C=O) groups excluding carboxylic acids is 1. The van der Waals surface area contributed by atoms with Gasteiger partial charge in [-0.05, 0) is 24.3 Å². The number of hydrogen-bond donors (Lipinski definition) is 1. The summed E-state index contributed by atoms with van der Waals surface area (Å²) in [7, 11) is 0. The molecule has 5 nitrogen and oxygen atoms in total. The van der Waals surface area contributed by atoms with Crippen molar-refractivity contribution < 1.29 is 22.4 Å². The average molecular weight is 400 g/mol. The summed E-state index contributed by atoms with van der Waals surface area (Å²) >= 11 is 1.31. The Hall–Kier alpha value is -2.23. The largest absolute Gasteiger partial charge is 0.379 e. The third-order valence-electron chi connectivity index (χ3n) is 4.54. The van der Waals surface area contributed by atoms with E-state index < -0.39 is 24.9 Å². The molecule has 0 spiro atoms. The summed E-state index contributed by atoms with van der Waals surface area (Å²) in [6.07, 6.45) is -1.38. The molecule has 1 aliphatic carbocycles. The van der Waals surface area contributed by atoms with Crippen LogP contribution in [0, 0.1) is 0 Å². The van der Waals surface area contributed by atoms with E-state index in [4.69, 9.17) is 0 Å². The van der Waals surface area contributed by atoms with Gasteiger partial charge in [-0.1, -0.05) is 0 Å².